The zero-order valence-electron chi connectivity index (χ0n) is 21.4. The first-order valence-electron chi connectivity index (χ1n) is 13.2. The maximum absolute atomic E-state index is 7.93. The summed E-state index contributed by atoms with van der Waals surface area (Å²) in [5, 5.41) is 15.2. The summed E-state index contributed by atoms with van der Waals surface area (Å²) < 4.78 is 2.39. The molecule has 0 aliphatic carbocycles. The van der Waals surface area contributed by atoms with Gasteiger partial charge in [0.15, 0.2) is 0 Å². The topological polar surface area (TPSA) is 28.8 Å². The summed E-state index contributed by atoms with van der Waals surface area (Å²) in [6.45, 7) is 3.83. The molecule has 2 heteroatoms. The molecule has 0 amide bonds. The van der Waals surface area contributed by atoms with E-state index in [0.717, 1.165) is 22.2 Å². The fourth-order valence-corrected chi connectivity index (χ4v) is 5.95. The van der Waals surface area contributed by atoms with Gasteiger partial charge in [-0.25, -0.2) is 0 Å². The highest BCUT2D eigenvalue weighted by Gasteiger charge is 2.16. The number of fused-ring (bicyclic) bond motifs is 6. The van der Waals surface area contributed by atoms with Crippen LogP contribution in [-0.4, -0.2) is 10.8 Å². The lowest BCUT2D eigenvalue weighted by Gasteiger charge is -2.14. The van der Waals surface area contributed by atoms with Crippen molar-refractivity contribution in [3.05, 3.63) is 146 Å². The lowest BCUT2D eigenvalue weighted by Crippen LogP contribution is -1.94. The summed E-state index contributed by atoms with van der Waals surface area (Å²) in [6.07, 6.45) is 5.03. The highest BCUT2D eigenvalue weighted by Crippen LogP contribution is 2.39. The van der Waals surface area contributed by atoms with Gasteiger partial charge in [-0.1, -0.05) is 116 Å². The fourth-order valence-electron chi connectivity index (χ4n) is 5.95. The molecule has 0 saturated heterocycles. The van der Waals surface area contributed by atoms with E-state index in [4.69, 9.17) is 5.41 Å². The first-order chi connectivity index (χ1) is 19.3. The second kappa shape index (κ2) is 9.27. The first kappa shape index (κ1) is 22.9. The summed E-state index contributed by atoms with van der Waals surface area (Å²) in [4.78, 5) is 0. The van der Waals surface area contributed by atoms with Crippen molar-refractivity contribution < 1.29 is 0 Å². The van der Waals surface area contributed by atoms with Gasteiger partial charge in [-0.3, -0.25) is 0 Å². The average Bonchev–Trinajstić information content (AvgIpc) is 3.34. The van der Waals surface area contributed by atoms with Crippen LogP contribution in [0.25, 0.3) is 65.7 Å². The van der Waals surface area contributed by atoms with Crippen LogP contribution >= 0.6 is 0 Å². The summed E-state index contributed by atoms with van der Waals surface area (Å²) in [6, 6.07) is 43.4. The number of rotatable bonds is 5. The van der Waals surface area contributed by atoms with E-state index in [1.54, 1.807) is 6.08 Å². The van der Waals surface area contributed by atoms with Crippen LogP contribution in [0.2, 0.25) is 0 Å². The lowest BCUT2D eigenvalue weighted by atomic mass is 9.91. The van der Waals surface area contributed by atoms with E-state index >= 15 is 0 Å². The van der Waals surface area contributed by atoms with Crippen molar-refractivity contribution >= 4 is 55.1 Å². The van der Waals surface area contributed by atoms with Crippen molar-refractivity contribution in [2.75, 3.05) is 0 Å². The molecule has 6 aromatic carbocycles. The van der Waals surface area contributed by atoms with Gasteiger partial charge in [-0.2, -0.15) is 0 Å². The molecule has 184 valence electrons. The predicted molar refractivity (Wildman–Crippen MR) is 168 cm³/mol. The van der Waals surface area contributed by atoms with E-state index in [0.29, 0.717) is 0 Å². The van der Waals surface area contributed by atoms with E-state index < -0.39 is 0 Å². The van der Waals surface area contributed by atoms with Crippen molar-refractivity contribution in [2.24, 2.45) is 0 Å². The van der Waals surface area contributed by atoms with Crippen LogP contribution in [0.3, 0.4) is 0 Å². The van der Waals surface area contributed by atoms with Crippen LogP contribution in [0.1, 0.15) is 5.56 Å². The lowest BCUT2D eigenvalue weighted by molar-refractivity contribution is 1.19. The van der Waals surface area contributed by atoms with Gasteiger partial charge in [-0.15, -0.1) is 0 Å². The molecule has 0 fully saturated rings. The molecule has 7 aromatic rings. The van der Waals surface area contributed by atoms with Crippen LogP contribution in [0, 0.1) is 5.41 Å². The molecular formula is C37H26N2. The summed E-state index contributed by atoms with van der Waals surface area (Å²) >= 11 is 0. The molecule has 2 nitrogen and oxygen atoms in total. The number of allylic oxidation sites excluding steroid dienone is 3. The number of hydrogen-bond donors (Lipinski definition) is 1. The zero-order chi connectivity index (χ0) is 26.3. The molecule has 0 atom stereocenters. The largest absolute Gasteiger partial charge is 0.309 e. The molecule has 0 spiro atoms. The molecule has 1 aromatic heterocycles. The number of benzene rings is 6. The van der Waals surface area contributed by atoms with Gasteiger partial charge in [0.05, 0.1) is 11.0 Å². The fraction of sp³-hybridized carbons (Fsp3) is 0. The average molecular weight is 499 g/mol. The van der Waals surface area contributed by atoms with Crippen LogP contribution in [0.5, 0.6) is 0 Å². The quantitative estimate of drug-likeness (QED) is 0.181. The predicted octanol–water partition coefficient (Wildman–Crippen LogP) is 9.98. The van der Waals surface area contributed by atoms with Crippen LogP contribution in [-0.2, 0) is 0 Å². The Kier molecular flexibility index (Phi) is 5.45. The Morgan fingerprint density at radius 1 is 0.641 bits per heavy atom. The van der Waals surface area contributed by atoms with Gasteiger partial charge < -0.3 is 9.98 Å². The van der Waals surface area contributed by atoms with Crippen LogP contribution in [0.15, 0.2) is 140 Å². The molecule has 1 heterocycles. The monoisotopic (exact) mass is 498 g/mol. The van der Waals surface area contributed by atoms with Crippen molar-refractivity contribution in [3.63, 3.8) is 0 Å². The minimum absolute atomic E-state index is 0.849. The molecule has 0 radical (unpaired) electrons. The maximum atomic E-state index is 7.93. The Balaban J connectivity index is 1.49. The summed E-state index contributed by atoms with van der Waals surface area (Å²) in [5.41, 5.74) is 7.86. The Bertz CT molecular complexity index is 2090. The van der Waals surface area contributed by atoms with E-state index in [2.05, 4.69) is 132 Å². The molecule has 7 rings (SSSR count). The molecule has 0 aliphatic heterocycles. The maximum Gasteiger partial charge on any atom is 0.0619 e. The van der Waals surface area contributed by atoms with Gasteiger partial charge in [0.1, 0.15) is 0 Å². The first-order valence-corrected chi connectivity index (χ1v) is 13.2. The van der Waals surface area contributed by atoms with Gasteiger partial charge in [0.25, 0.3) is 0 Å². The SMILES string of the molecule is C=C/C=C(\C=N)c1ccc(-c2ccc3c(ccc4c5ccccc5n(-c5ccccc5)c34)c2)c2ccccc12. The number of hydrogen-bond acceptors (Lipinski definition) is 1. The standard InChI is InChI=1S/C37H26N2/c1-2-10-27(24-38)30-22-21-29(32-13-6-7-14-33(30)32)25-17-19-31-26(23-25)18-20-35-34-15-8-9-16-36(34)39(37(31)35)28-11-4-3-5-12-28/h2-24,38H,1H2/b27-10+,38-24?. The van der Waals surface area contributed by atoms with E-state index in [1.807, 2.05) is 6.08 Å². The highest BCUT2D eigenvalue weighted by molar-refractivity contribution is 6.19. The Hall–Kier alpha value is -5.21. The van der Waals surface area contributed by atoms with Gasteiger partial charge in [0, 0.05) is 28.1 Å². The Morgan fingerprint density at radius 3 is 2.15 bits per heavy atom. The summed E-state index contributed by atoms with van der Waals surface area (Å²) in [5.74, 6) is 0. The van der Waals surface area contributed by atoms with E-state index in [-0.39, 0.29) is 0 Å². The summed E-state index contributed by atoms with van der Waals surface area (Å²) in [7, 11) is 0. The van der Waals surface area contributed by atoms with Gasteiger partial charge in [0.2, 0.25) is 0 Å². The van der Waals surface area contributed by atoms with Gasteiger partial charge >= 0.3 is 0 Å². The number of para-hydroxylation sites is 2. The third-order valence-corrected chi connectivity index (χ3v) is 7.66. The Morgan fingerprint density at radius 2 is 1.36 bits per heavy atom. The number of aromatic nitrogens is 1. The number of nitrogens with zero attached hydrogens (tertiary/aromatic N) is 1. The van der Waals surface area contributed by atoms with E-state index in [1.165, 1.54) is 55.3 Å². The van der Waals surface area contributed by atoms with Gasteiger partial charge in [-0.05, 0) is 62.7 Å². The third kappa shape index (κ3) is 3.61. The second-order valence-electron chi connectivity index (χ2n) is 9.79. The van der Waals surface area contributed by atoms with Crippen LogP contribution in [0.4, 0.5) is 0 Å². The number of nitrogens with one attached hydrogen (secondary N) is 1. The van der Waals surface area contributed by atoms with Crippen LogP contribution < -0.4 is 0 Å². The molecule has 0 aliphatic rings. The normalized spacial score (nSPS) is 11.9. The molecule has 1 N–H and O–H groups in total. The zero-order valence-corrected chi connectivity index (χ0v) is 21.4. The third-order valence-electron chi connectivity index (χ3n) is 7.66. The van der Waals surface area contributed by atoms with Crippen molar-refractivity contribution in [3.8, 4) is 16.8 Å². The molecule has 0 unspecified atom stereocenters. The van der Waals surface area contributed by atoms with Crippen molar-refractivity contribution in [1.82, 2.24) is 4.57 Å². The Labute approximate surface area is 227 Å². The smallest absolute Gasteiger partial charge is 0.0619 e. The van der Waals surface area contributed by atoms with Crippen molar-refractivity contribution in [2.45, 2.75) is 0 Å². The minimum atomic E-state index is 0.849. The second-order valence-corrected chi connectivity index (χ2v) is 9.79. The van der Waals surface area contributed by atoms with Crippen molar-refractivity contribution in [1.29, 1.82) is 5.41 Å². The highest BCUT2D eigenvalue weighted by atomic mass is 15.0. The minimum Gasteiger partial charge on any atom is -0.309 e. The molecule has 0 bridgehead atoms. The molecular weight excluding hydrogens is 472 g/mol. The molecule has 0 saturated carbocycles. The van der Waals surface area contributed by atoms with E-state index in [9.17, 15) is 0 Å². The molecule has 39 heavy (non-hydrogen) atoms.